The monoisotopic (exact) mass is 470 g/mol. The summed E-state index contributed by atoms with van der Waals surface area (Å²) < 4.78 is 13.5. The Labute approximate surface area is 214 Å². The predicted octanol–water partition coefficient (Wildman–Crippen LogP) is 3.99. The Morgan fingerprint density at radius 1 is 0.595 bits per heavy atom. The van der Waals surface area contributed by atoms with Crippen LogP contribution in [0.2, 0.25) is 0 Å². The first-order chi connectivity index (χ1) is 18.3. The molecule has 0 aromatic heterocycles. The highest BCUT2D eigenvalue weighted by Gasteiger charge is 2.52. The normalized spacial score (nSPS) is 14.2. The van der Waals surface area contributed by atoms with E-state index in [-0.39, 0.29) is 13.8 Å². The van der Waals surface area contributed by atoms with Crippen LogP contribution >= 0.6 is 0 Å². The summed E-state index contributed by atoms with van der Waals surface area (Å²) in [6.45, 7) is -0.624. The molecule has 37 heavy (non-hydrogen) atoms. The third-order valence-electron chi connectivity index (χ3n) is 8.13. The largest absolute Gasteiger partial charge is 0.551 e. The van der Waals surface area contributed by atoms with E-state index >= 15 is 0 Å². The van der Waals surface area contributed by atoms with Gasteiger partial charge in [-0.05, 0) is 35.2 Å². The van der Waals surface area contributed by atoms with Crippen LogP contribution in [0.5, 0.6) is 11.5 Å². The first-order valence-electron chi connectivity index (χ1n) is 12.5. The molecule has 0 saturated heterocycles. The Morgan fingerprint density at radius 3 is 1.57 bits per heavy atom. The maximum Gasteiger partial charge on any atom is 0.431 e. The van der Waals surface area contributed by atoms with Gasteiger partial charge in [0.2, 0.25) is 0 Å². The minimum atomic E-state index is -0.312. The summed E-state index contributed by atoms with van der Waals surface area (Å²) in [5.74, 6) is 1.61. The van der Waals surface area contributed by atoms with E-state index in [4.69, 9.17) is 9.31 Å². The number of benzene rings is 5. The van der Waals surface area contributed by atoms with Crippen LogP contribution in [0.1, 0.15) is 5.56 Å². The van der Waals surface area contributed by atoms with Gasteiger partial charge < -0.3 is 14.2 Å². The van der Waals surface area contributed by atoms with Gasteiger partial charge in [-0.15, -0.1) is 0 Å². The van der Waals surface area contributed by atoms with Gasteiger partial charge in [0.1, 0.15) is 17.6 Å². The van der Waals surface area contributed by atoms with Crippen molar-refractivity contribution in [2.75, 3.05) is 4.90 Å². The Morgan fingerprint density at radius 2 is 1.05 bits per heavy atom. The third-order valence-corrected chi connectivity index (χ3v) is 8.13. The number of nitriles is 1. The third kappa shape index (κ3) is 2.22. The summed E-state index contributed by atoms with van der Waals surface area (Å²) in [5.41, 5.74) is 12.1. The van der Waals surface area contributed by atoms with E-state index in [1.54, 1.807) is 0 Å². The van der Waals surface area contributed by atoms with Crippen molar-refractivity contribution in [3.05, 3.63) is 103 Å². The van der Waals surface area contributed by atoms with Crippen molar-refractivity contribution >= 4 is 52.7 Å². The summed E-state index contributed by atoms with van der Waals surface area (Å²) in [6.07, 6.45) is 0. The lowest BCUT2D eigenvalue weighted by atomic mass is 9.42. The highest BCUT2D eigenvalue weighted by molar-refractivity contribution is 6.91. The zero-order valence-electron chi connectivity index (χ0n) is 19.6. The van der Waals surface area contributed by atoms with E-state index in [2.05, 4.69) is 71.6 Å². The predicted molar refractivity (Wildman–Crippen MR) is 148 cm³/mol. The van der Waals surface area contributed by atoms with Crippen LogP contribution in [0.15, 0.2) is 97.1 Å². The van der Waals surface area contributed by atoms with Crippen molar-refractivity contribution in [1.29, 1.82) is 5.26 Å². The average Bonchev–Trinajstić information content (AvgIpc) is 2.96. The molecule has 4 aliphatic rings. The molecule has 0 amide bonds. The van der Waals surface area contributed by atoms with E-state index in [1.807, 2.05) is 36.4 Å². The van der Waals surface area contributed by atoms with Gasteiger partial charge >= 0.3 is 13.8 Å². The zero-order chi connectivity index (χ0) is 24.2. The fourth-order valence-electron chi connectivity index (χ4n) is 6.76. The SMILES string of the molecule is N#Cc1c2c3c4c5c1-c1ccccc1OB5c1ccccc1N4c1ccccc1B3Oc1ccccc1-2. The van der Waals surface area contributed by atoms with Crippen molar-refractivity contribution in [1.82, 2.24) is 0 Å². The second-order valence-electron chi connectivity index (χ2n) is 9.85. The molecule has 5 aromatic carbocycles. The summed E-state index contributed by atoms with van der Waals surface area (Å²) in [4.78, 5) is 2.37. The number of hydrogen-bond acceptors (Lipinski definition) is 4. The van der Waals surface area contributed by atoms with Crippen LogP contribution < -0.4 is 36.1 Å². The zero-order valence-corrected chi connectivity index (χ0v) is 19.6. The lowest BCUT2D eigenvalue weighted by molar-refractivity contribution is 0.587. The van der Waals surface area contributed by atoms with Crippen molar-refractivity contribution < 1.29 is 9.31 Å². The van der Waals surface area contributed by atoms with Crippen LogP contribution in [0.3, 0.4) is 0 Å². The fraction of sp³-hybridized carbons (Fsp3) is 0. The topological polar surface area (TPSA) is 45.5 Å². The molecule has 0 fully saturated rings. The lowest BCUT2D eigenvalue weighted by Crippen LogP contribution is -2.64. The minimum absolute atomic E-state index is 0.312. The van der Waals surface area contributed by atoms with E-state index in [0.29, 0.717) is 5.56 Å². The molecular weight excluding hydrogens is 454 g/mol. The van der Waals surface area contributed by atoms with Crippen molar-refractivity contribution in [2.45, 2.75) is 0 Å². The van der Waals surface area contributed by atoms with Gasteiger partial charge in [0.15, 0.2) is 0 Å². The van der Waals surface area contributed by atoms with Crippen LogP contribution in [0, 0.1) is 11.3 Å². The molecule has 0 unspecified atom stereocenters. The van der Waals surface area contributed by atoms with Crippen molar-refractivity contribution in [3.63, 3.8) is 0 Å². The number of anilines is 3. The Kier molecular flexibility index (Phi) is 3.48. The summed E-state index contributed by atoms with van der Waals surface area (Å²) >= 11 is 0. The van der Waals surface area contributed by atoms with Crippen molar-refractivity contribution in [3.8, 4) is 39.8 Å². The highest BCUT2D eigenvalue weighted by atomic mass is 16.4. The molecule has 0 atom stereocenters. The molecule has 0 N–H and O–H groups in total. The van der Waals surface area contributed by atoms with Crippen LogP contribution in [-0.4, -0.2) is 13.8 Å². The van der Waals surface area contributed by atoms with Gasteiger partial charge in [0, 0.05) is 50.2 Å². The van der Waals surface area contributed by atoms with E-state index in [1.165, 1.54) is 0 Å². The molecule has 4 aliphatic heterocycles. The quantitative estimate of drug-likeness (QED) is 0.322. The number of para-hydroxylation sites is 4. The average molecular weight is 470 g/mol. The number of fused-ring (bicyclic) bond motifs is 10. The Bertz CT molecular complexity index is 1770. The van der Waals surface area contributed by atoms with Gasteiger partial charge in [-0.2, -0.15) is 5.26 Å². The molecule has 0 saturated carbocycles. The first-order valence-corrected chi connectivity index (χ1v) is 12.5. The second kappa shape index (κ2) is 6.66. The van der Waals surface area contributed by atoms with E-state index < -0.39 is 0 Å². The molecule has 5 aromatic rings. The maximum absolute atomic E-state index is 10.8. The van der Waals surface area contributed by atoms with Crippen LogP contribution in [0.4, 0.5) is 17.1 Å². The maximum atomic E-state index is 10.8. The van der Waals surface area contributed by atoms with Gasteiger partial charge in [-0.1, -0.05) is 72.8 Å². The summed E-state index contributed by atoms with van der Waals surface area (Å²) in [6, 6.07) is 35.7. The Hall–Kier alpha value is -4.88. The molecule has 9 rings (SSSR count). The first kappa shape index (κ1) is 19.3. The highest BCUT2D eigenvalue weighted by Crippen LogP contribution is 2.49. The molecular formula is C31H16B2N2O2. The smallest absolute Gasteiger partial charge is 0.431 e. The van der Waals surface area contributed by atoms with Gasteiger partial charge in [0.05, 0.1) is 5.56 Å². The van der Waals surface area contributed by atoms with Gasteiger partial charge in [0.25, 0.3) is 0 Å². The van der Waals surface area contributed by atoms with Crippen molar-refractivity contribution in [2.24, 2.45) is 0 Å². The van der Waals surface area contributed by atoms with E-state index in [9.17, 15) is 5.26 Å². The summed E-state index contributed by atoms with van der Waals surface area (Å²) in [5, 5.41) is 10.8. The fourth-order valence-corrected chi connectivity index (χ4v) is 6.76. The molecule has 0 spiro atoms. The Balaban J connectivity index is 1.55. The summed E-state index contributed by atoms with van der Waals surface area (Å²) in [7, 11) is 0. The molecule has 0 radical (unpaired) electrons. The van der Waals surface area contributed by atoms with Gasteiger partial charge in [-0.3, -0.25) is 0 Å². The molecule has 0 aliphatic carbocycles. The second-order valence-corrected chi connectivity index (χ2v) is 9.85. The van der Waals surface area contributed by atoms with Crippen LogP contribution in [0.25, 0.3) is 22.3 Å². The molecule has 4 heterocycles. The standard InChI is InChI=1S/C31H16B2N2O2/c34-17-20-27-18-9-1-7-15-25(18)36-32-21-11-3-5-13-23(21)35-24-14-6-4-12-22(24)33-30(31(35)29(27)32)28(20)19-10-2-8-16-26(19)37-33/h1-16H. The molecule has 0 bridgehead atoms. The van der Waals surface area contributed by atoms with E-state index in [0.717, 1.165) is 72.7 Å². The molecule has 168 valence electrons. The number of hydrogen-bond donors (Lipinski definition) is 0. The number of nitrogens with zero attached hydrogens (tertiary/aromatic N) is 2. The van der Waals surface area contributed by atoms with Gasteiger partial charge in [-0.25, -0.2) is 0 Å². The lowest BCUT2D eigenvalue weighted by Gasteiger charge is -2.46. The molecule has 6 heteroatoms. The molecule has 4 nitrogen and oxygen atoms in total. The number of rotatable bonds is 0. The van der Waals surface area contributed by atoms with Crippen LogP contribution in [-0.2, 0) is 0 Å². The minimum Gasteiger partial charge on any atom is -0.551 e.